The summed E-state index contributed by atoms with van der Waals surface area (Å²) in [5, 5.41) is 10.3. The van der Waals surface area contributed by atoms with Crippen molar-refractivity contribution >= 4 is 15.9 Å². The van der Waals surface area contributed by atoms with Gasteiger partial charge in [-0.1, -0.05) is 51.3 Å². The summed E-state index contributed by atoms with van der Waals surface area (Å²) < 4.78 is 13.7. The molecule has 0 amide bonds. The number of aliphatic hydroxyl groups is 1. The van der Waals surface area contributed by atoms with E-state index in [1.807, 2.05) is 26.0 Å². The van der Waals surface area contributed by atoms with Crippen LogP contribution in [0.15, 0.2) is 40.9 Å². The Labute approximate surface area is 121 Å². The Hall–Kier alpha value is -1.19. The molecule has 1 unspecified atom stereocenters. The number of aryl methyl sites for hydroxylation is 2. The van der Waals surface area contributed by atoms with E-state index >= 15 is 0 Å². The Kier molecular flexibility index (Phi) is 4.38. The van der Waals surface area contributed by atoms with Crippen LogP contribution < -0.4 is 0 Å². The highest BCUT2D eigenvalue weighted by Gasteiger charge is 2.12. The summed E-state index contributed by atoms with van der Waals surface area (Å²) >= 11 is 3.33. The Balaban J connectivity index is 2.22. The first-order chi connectivity index (χ1) is 8.95. The van der Waals surface area contributed by atoms with Crippen molar-refractivity contribution in [2.24, 2.45) is 0 Å². The average Bonchev–Trinajstić information content (AvgIpc) is 2.31. The van der Waals surface area contributed by atoms with Gasteiger partial charge in [0.1, 0.15) is 5.82 Å². The summed E-state index contributed by atoms with van der Waals surface area (Å²) in [5.41, 5.74) is 4.06. The highest BCUT2D eigenvalue weighted by molar-refractivity contribution is 9.10. The molecule has 2 aromatic rings. The van der Waals surface area contributed by atoms with Gasteiger partial charge in [-0.2, -0.15) is 0 Å². The molecule has 2 rings (SSSR count). The van der Waals surface area contributed by atoms with Crippen molar-refractivity contribution in [3.63, 3.8) is 0 Å². The van der Waals surface area contributed by atoms with E-state index in [4.69, 9.17) is 0 Å². The zero-order chi connectivity index (χ0) is 14.0. The van der Waals surface area contributed by atoms with Gasteiger partial charge in [-0.25, -0.2) is 4.39 Å². The third-order valence-corrected chi connectivity index (χ3v) is 3.80. The van der Waals surface area contributed by atoms with E-state index in [9.17, 15) is 9.50 Å². The maximum Gasteiger partial charge on any atom is 0.124 e. The average molecular weight is 323 g/mol. The summed E-state index contributed by atoms with van der Waals surface area (Å²) in [7, 11) is 0. The second-order valence-corrected chi connectivity index (χ2v) is 5.73. The van der Waals surface area contributed by atoms with Crippen LogP contribution in [-0.4, -0.2) is 5.11 Å². The highest BCUT2D eigenvalue weighted by atomic mass is 79.9. The van der Waals surface area contributed by atoms with Gasteiger partial charge in [-0.15, -0.1) is 0 Å². The zero-order valence-electron chi connectivity index (χ0n) is 11.0. The predicted molar refractivity (Wildman–Crippen MR) is 78.7 cm³/mol. The van der Waals surface area contributed by atoms with E-state index in [2.05, 4.69) is 22.0 Å². The number of halogens is 2. The fourth-order valence-corrected chi connectivity index (χ4v) is 2.73. The molecule has 1 nitrogen and oxygen atoms in total. The van der Waals surface area contributed by atoms with Gasteiger partial charge in [0.05, 0.1) is 6.10 Å². The topological polar surface area (TPSA) is 20.2 Å². The van der Waals surface area contributed by atoms with Crippen molar-refractivity contribution in [1.29, 1.82) is 0 Å². The molecule has 0 saturated heterocycles. The molecule has 100 valence electrons. The van der Waals surface area contributed by atoms with Crippen LogP contribution in [0.4, 0.5) is 4.39 Å². The fourth-order valence-electron chi connectivity index (χ4n) is 2.22. The molecule has 0 radical (unpaired) electrons. The Morgan fingerprint density at radius 1 is 1.11 bits per heavy atom. The van der Waals surface area contributed by atoms with Crippen molar-refractivity contribution in [1.82, 2.24) is 0 Å². The van der Waals surface area contributed by atoms with Crippen molar-refractivity contribution in [3.05, 3.63) is 68.9 Å². The number of rotatable bonds is 3. The Morgan fingerprint density at radius 2 is 1.74 bits per heavy atom. The van der Waals surface area contributed by atoms with Gasteiger partial charge in [-0.3, -0.25) is 0 Å². The molecule has 1 atom stereocenters. The predicted octanol–water partition coefficient (Wildman–Crippen LogP) is 4.48. The summed E-state index contributed by atoms with van der Waals surface area (Å²) in [5.74, 6) is -0.281. The molecular formula is C16H16BrFO. The first kappa shape index (κ1) is 14.2. The molecule has 0 saturated carbocycles. The van der Waals surface area contributed by atoms with Crippen LogP contribution in [0.25, 0.3) is 0 Å². The Morgan fingerprint density at radius 3 is 2.32 bits per heavy atom. The van der Waals surface area contributed by atoms with E-state index in [0.717, 1.165) is 22.3 Å². The molecule has 0 aromatic heterocycles. The standard InChI is InChI=1S/C16H16BrFO/c1-10-5-11(2)7-13(6-10)16(19)8-12-3-4-14(18)9-15(12)17/h3-7,9,16,19H,8H2,1-2H3. The minimum Gasteiger partial charge on any atom is -0.388 e. The molecule has 0 aliphatic heterocycles. The number of benzene rings is 2. The van der Waals surface area contributed by atoms with E-state index in [0.29, 0.717) is 10.9 Å². The highest BCUT2D eigenvalue weighted by Crippen LogP contribution is 2.25. The molecular weight excluding hydrogens is 307 g/mol. The van der Waals surface area contributed by atoms with Crippen molar-refractivity contribution < 1.29 is 9.50 Å². The lowest BCUT2D eigenvalue weighted by molar-refractivity contribution is 0.178. The van der Waals surface area contributed by atoms with Crippen LogP contribution in [0.3, 0.4) is 0 Å². The fraction of sp³-hybridized carbons (Fsp3) is 0.250. The van der Waals surface area contributed by atoms with E-state index in [-0.39, 0.29) is 5.82 Å². The van der Waals surface area contributed by atoms with Crippen molar-refractivity contribution in [2.75, 3.05) is 0 Å². The molecule has 3 heteroatoms. The van der Waals surface area contributed by atoms with Gasteiger partial charge in [0.2, 0.25) is 0 Å². The molecule has 0 heterocycles. The van der Waals surface area contributed by atoms with Gasteiger partial charge < -0.3 is 5.11 Å². The first-order valence-electron chi connectivity index (χ1n) is 6.16. The maximum absolute atomic E-state index is 13.0. The van der Waals surface area contributed by atoms with Gasteiger partial charge in [0.15, 0.2) is 0 Å². The first-order valence-corrected chi connectivity index (χ1v) is 6.95. The second kappa shape index (κ2) is 5.85. The molecule has 1 N–H and O–H groups in total. The summed E-state index contributed by atoms with van der Waals surface area (Å²) in [4.78, 5) is 0. The molecule has 0 bridgehead atoms. The second-order valence-electron chi connectivity index (χ2n) is 4.88. The SMILES string of the molecule is Cc1cc(C)cc(C(O)Cc2ccc(F)cc2Br)c1. The normalized spacial score (nSPS) is 12.5. The molecule has 0 spiro atoms. The Bertz CT molecular complexity index is 575. The minimum atomic E-state index is -0.583. The summed E-state index contributed by atoms with van der Waals surface area (Å²) in [6.45, 7) is 4.02. The van der Waals surface area contributed by atoms with Crippen LogP contribution in [-0.2, 0) is 6.42 Å². The maximum atomic E-state index is 13.0. The van der Waals surface area contributed by atoms with E-state index < -0.39 is 6.10 Å². The van der Waals surface area contributed by atoms with Crippen LogP contribution in [0.1, 0.15) is 28.4 Å². The smallest absolute Gasteiger partial charge is 0.124 e. The zero-order valence-corrected chi connectivity index (χ0v) is 12.5. The summed E-state index contributed by atoms with van der Waals surface area (Å²) in [6.07, 6.45) is -0.121. The van der Waals surface area contributed by atoms with Gasteiger partial charge in [-0.05, 0) is 37.1 Å². The molecule has 0 aliphatic carbocycles. The van der Waals surface area contributed by atoms with Gasteiger partial charge in [0, 0.05) is 10.9 Å². The van der Waals surface area contributed by atoms with Crippen LogP contribution in [0.5, 0.6) is 0 Å². The molecule has 19 heavy (non-hydrogen) atoms. The lowest BCUT2D eigenvalue weighted by Crippen LogP contribution is -2.03. The minimum absolute atomic E-state index is 0.281. The summed E-state index contributed by atoms with van der Waals surface area (Å²) in [6, 6.07) is 10.6. The molecule has 0 fully saturated rings. The number of hydrogen-bond donors (Lipinski definition) is 1. The van der Waals surface area contributed by atoms with Gasteiger partial charge >= 0.3 is 0 Å². The lowest BCUT2D eigenvalue weighted by Gasteiger charge is -2.14. The van der Waals surface area contributed by atoms with Crippen molar-refractivity contribution in [2.45, 2.75) is 26.4 Å². The lowest BCUT2D eigenvalue weighted by atomic mass is 9.98. The third kappa shape index (κ3) is 3.64. The van der Waals surface area contributed by atoms with E-state index in [1.165, 1.54) is 12.1 Å². The largest absolute Gasteiger partial charge is 0.388 e. The monoisotopic (exact) mass is 322 g/mol. The molecule has 0 aliphatic rings. The van der Waals surface area contributed by atoms with Crippen molar-refractivity contribution in [3.8, 4) is 0 Å². The van der Waals surface area contributed by atoms with Crippen LogP contribution >= 0.6 is 15.9 Å². The quantitative estimate of drug-likeness (QED) is 0.883. The number of hydrogen-bond acceptors (Lipinski definition) is 1. The van der Waals surface area contributed by atoms with Crippen LogP contribution in [0, 0.1) is 19.7 Å². The van der Waals surface area contributed by atoms with Crippen LogP contribution in [0.2, 0.25) is 0 Å². The molecule has 2 aromatic carbocycles. The van der Waals surface area contributed by atoms with E-state index in [1.54, 1.807) is 6.07 Å². The van der Waals surface area contributed by atoms with Gasteiger partial charge in [0.25, 0.3) is 0 Å². The third-order valence-electron chi connectivity index (χ3n) is 3.06. The number of aliphatic hydroxyl groups excluding tert-OH is 1.